The molecular weight excluding hydrogens is 110 g/mol. The van der Waals surface area contributed by atoms with E-state index in [9.17, 15) is 4.79 Å². The van der Waals surface area contributed by atoms with E-state index in [1.807, 2.05) is 0 Å². The maximum atomic E-state index is 10.3. The third-order valence-corrected chi connectivity index (χ3v) is 0.919. The van der Waals surface area contributed by atoms with E-state index >= 15 is 0 Å². The smallest absolute Gasteiger partial charge is 0.248 e. The number of hydroxylamine groups is 1. The quantitative estimate of drug-likeness (QED) is 0.499. The molecule has 4 heteroatoms. The lowest BCUT2D eigenvalue weighted by molar-refractivity contribution is -0.135. The summed E-state index contributed by atoms with van der Waals surface area (Å²) in [5.41, 5.74) is 2.16. The van der Waals surface area contributed by atoms with Crippen LogP contribution in [-0.4, -0.2) is 19.3 Å². The fourth-order valence-corrected chi connectivity index (χ4v) is 0.498. The Bertz CT molecular complexity index is 103. The molecule has 0 aromatic heterocycles. The Morgan fingerprint density at radius 3 is 3.00 bits per heavy atom. The number of ether oxygens (including phenoxy) is 1. The summed E-state index contributed by atoms with van der Waals surface area (Å²) in [7, 11) is 1.49. The largest absolute Gasteiger partial charge is 0.353 e. The van der Waals surface area contributed by atoms with Crippen molar-refractivity contribution < 1.29 is 14.4 Å². The van der Waals surface area contributed by atoms with Crippen molar-refractivity contribution in [3.63, 3.8) is 0 Å². The first-order valence-electron chi connectivity index (χ1n) is 2.30. The van der Waals surface area contributed by atoms with Gasteiger partial charge in [-0.05, 0) is 0 Å². The number of methoxy groups -OCH3 is 1. The first kappa shape index (κ1) is 5.53. The molecule has 1 fully saturated rings. The molecule has 0 saturated carbocycles. The second-order valence-electron chi connectivity index (χ2n) is 1.51. The monoisotopic (exact) mass is 117 g/mol. The molecule has 0 aliphatic carbocycles. The molecule has 0 spiro atoms. The number of hydrogen-bond donors (Lipinski definition) is 1. The van der Waals surface area contributed by atoms with Gasteiger partial charge in [0.05, 0.1) is 6.42 Å². The lowest BCUT2D eigenvalue weighted by Gasteiger charge is -2.00. The summed E-state index contributed by atoms with van der Waals surface area (Å²) in [4.78, 5) is 14.9. The third kappa shape index (κ3) is 0.962. The molecular formula is C4H7NO3. The van der Waals surface area contributed by atoms with Gasteiger partial charge < -0.3 is 4.74 Å². The topological polar surface area (TPSA) is 47.6 Å². The number of amides is 1. The number of carbonyl (C=O) groups is 1. The molecule has 4 nitrogen and oxygen atoms in total. The molecule has 1 heterocycles. The van der Waals surface area contributed by atoms with Gasteiger partial charge in [0.15, 0.2) is 6.29 Å². The maximum absolute atomic E-state index is 10.3. The Hall–Kier alpha value is -0.610. The van der Waals surface area contributed by atoms with Crippen LogP contribution in [0.15, 0.2) is 0 Å². The van der Waals surface area contributed by atoms with Gasteiger partial charge in [0.25, 0.3) is 0 Å². The Labute approximate surface area is 46.7 Å². The highest BCUT2D eigenvalue weighted by Gasteiger charge is 2.21. The molecule has 1 rings (SSSR count). The van der Waals surface area contributed by atoms with Gasteiger partial charge in [-0.25, -0.2) is 10.3 Å². The van der Waals surface area contributed by atoms with Crippen molar-refractivity contribution >= 4 is 5.91 Å². The molecule has 1 aliphatic rings. The van der Waals surface area contributed by atoms with Gasteiger partial charge in [0, 0.05) is 7.11 Å². The molecule has 0 aromatic rings. The zero-order valence-electron chi connectivity index (χ0n) is 4.51. The number of nitrogens with one attached hydrogen (secondary N) is 1. The molecule has 0 bridgehead atoms. The summed E-state index contributed by atoms with van der Waals surface area (Å²) in [5, 5.41) is 0. The minimum absolute atomic E-state index is 0.128. The SMILES string of the molecule is COC1CC(=O)NO1. The molecule has 1 saturated heterocycles. The second kappa shape index (κ2) is 2.11. The van der Waals surface area contributed by atoms with Crippen LogP contribution in [0.2, 0.25) is 0 Å². The average molecular weight is 117 g/mol. The molecule has 0 radical (unpaired) electrons. The molecule has 1 aliphatic heterocycles. The van der Waals surface area contributed by atoms with Crippen molar-refractivity contribution in [2.24, 2.45) is 0 Å². The second-order valence-corrected chi connectivity index (χ2v) is 1.51. The summed E-state index contributed by atoms with van der Waals surface area (Å²) in [6, 6.07) is 0. The lowest BCUT2D eigenvalue weighted by Crippen LogP contribution is -2.12. The van der Waals surface area contributed by atoms with Crippen molar-refractivity contribution in [2.75, 3.05) is 7.11 Å². The van der Waals surface area contributed by atoms with E-state index in [1.165, 1.54) is 7.11 Å². The Kier molecular flexibility index (Phi) is 1.45. The van der Waals surface area contributed by atoms with Crippen molar-refractivity contribution in [3.8, 4) is 0 Å². The van der Waals surface area contributed by atoms with E-state index in [0.29, 0.717) is 6.42 Å². The van der Waals surface area contributed by atoms with E-state index in [4.69, 9.17) is 0 Å². The van der Waals surface area contributed by atoms with Gasteiger partial charge in [-0.1, -0.05) is 0 Å². The van der Waals surface area contributed by atoms with Gasteiger partial charge in [-0.15, -0.1) is 0 Å². The first-order valence-corrected chi connectivity index (χ1v) is 2.30. The van der Waals surface area contributed by atoms with Crippen LogP contribution in [0.1, 0.15) is 6.42 Å². The highest BCUT2D eigenvalue weighted by atomic mass is 16.8. The molecule has 1 amide bonds. The van der Waals surface area contributed by atoms with E-state index < -0.39 is 0 Å². The molecule has 0 aromatic carbocycles. The standard InChI is InChI=1S/C4H7NO3/c1-7-4-2-3(6)5-8-4/h4H,2H2,1H3,(H,5,6). The first-order chi connectivity index (χ1) is 3.83. The summed E-state index contributed by atoms with van der Waals surface area (Å²) in [5.74, 6) is -0.128. The average Bonchev–Trinajstić information content (AvgIpc) is 2.14. The number of rotatable bonds is 1. The van der Waals surface area contributed by atoms with E-state index in [2.05, 4.69) is 15.1 Å². The normalized spacial score (nSPS) is 28.1. The Balaban J connectivity index is 2.32. The maximum Gasteiger partial charge on any atom is 0.248 e. The van der Waals surface area contributed by atoms with Crippen LogP contribution in [0.25, 0.3) is 0 Å². The van der Waals surface area contributed by atoms with Crippen LogP contribution in [0.3, 0.4) is 0 Å². The fourth-order valence-electron chi connectivity index (χ4n) is 0.498. The van der Waals surface area contributed by atoms with Gasteiger partial charge in [0.2, 0.25) is 5.91 Å². The van der Waals surface area contributed by atoms with E-state index in [-0.39, 0.29) is 12.2 Å². The number of hydrogen-bond acceptors (Lipinski definition) is 3. The Morgan fingerprint density at radius 1 is 2.00 bits per heavy atom. The molecule has 1 unspecified atom stereocenters. The van der Waals surface area contributed by atoms with Crippen molar-refractivity contribution in [3.05, 3.63) is 0 Å². The van der Waals surface area contributed by atoms with Crippen LogP contribution in [-0.2, 0) is 14.4 Å². The van der Waals surface area contributed by atoms with Crippen LogP contribution in [0.5, 0.6) is 0 Å². The van der Waals surface area contributed by atoms with Gasteiger partial charge in [0.1, 0.15) is 0 Å². The van der Waals surface area contributed by atoms with E-state index in [1.54, 1.807) is 0 Å². The molecule has 46 valence electrons. The zero-order valence-corrected chi connectivity index (χ0v) is 4.51. The van der Waals surface area contributed by atoms with Crippen LogP contribution in [0, 0.1) is 0 Å². The fraction of sp³-hybridized carbons (Fsp3) is 0.750. The molecule has 8 heavy (non-hydrogen) atoms. The summed E-state index contributed by atoms with van der Waals surface area (Å²) in [6.45, 7) is 0. The van der Waals surface area contributed by atoms with Crippen LogP contribution >= 0.6 is 0 Å². The predicted octanol–water partition coefficient (Wildman–Crippen LogP) is -0.590. The molecule has 1 N–H and O–H groups in total. The van der Waals surface area contributed by atoms with Crippen molar-refractivity contribution in [1.82, 2.24) is 5.48 Å². The highest BCUT2D eigenvalue weighted by Crippen LogP contribution is 2.03. The number of carbonyl (C=O) groups excluding carboxylic acids is 1. The van der Waals surface area contributed by atoms with Crippen molar-refractivity contribution in [1.29, 1.82) is 0 Å². The summed E-state index contributed by atoms with van der Waals surface area (Å²) < 4.78 is 4.68. The van der Waals surface area contributed by atoms with Gasteiger partial charge in [-0.3, -0.25) is 4.79 Å². The predicted molar refractivity (Wildman–Crippen MR) is 24.6 cm³/mol. The summed E-state index contributed by atoms with van der Waals surface area (Å²) >= 11 is 0. The van der Waals surface area contributed by atoms with E-state index in [0.717, 1.165) is 0 Å². The minimum atomic E-state index is -0.387. The lowest BCUT2D eigenvalue weighted by atomic mass is 10.4. The van der Waals surface area contributed by atoms with Gasteiger partial charge >= 0.3 is 0 Å². The van der Waals surface area contributed by atoms with Crippen LogP contribution in [0.4, 0.5) is 0 Å². The zero-order chi connectivity index (χ0) is 5.98. The van der Waals surface area contributed by atoms with Crippen molar-refractivity contribution in [2.45, 2.75) is 12.7 Å². The minimum Gasteiger partial charge on any atom is -0.353 e. The highest BCUT2D eigenvalue weighted by molar-refractivity contribution is 5.76. The summed E-state index contributed by atoms with van der Waals surface area (Å²) in [6.07, 6.45) is -0.0845. The van der Waals surface area contributed by atoms with Crippen LogP contribution < -0.4 is 5.48 Å². The third-order valence-electron chi connectivity index (χ3n) is 0.919. The van der Waals surface area contributed by atoms with Gasteiger partial charge in [-0.2, -0.15) is 0 Å². The Morgan fingerprint density at radius 2 is 2.75 bits per heavy atom. The molecule has 1 atom stereocenters.